The summed E-state index contributed by atoms with van der Waals surface area (Å²) in [6.45, 7) is 9.26. The number of Topliss-reactive ketones (excluding diaryl/α,β-unsaturated/α-hetero) is 1. The Kier molecular flexibility index (Phi) is 6.01. The van der Waals surface area contributed by atoms with E-state index >= 15 is 0 Å². The molecule has 0 radical (unpaired) electrons. The van der Waals surface area contributed by atoms with Gasteiger partial charge >= 0.3 is 0 Å². The quantitative estimate of drug-likeness (QED) is 0.655. The highest BCUT2D eigenvalue weighted by molar-refractivity contribution is 5.83. The normalized spacial score (nSPS) is 16.0. The van der Waals surface area contributed by atoms with E-state index in [9.17, 15) is 4.79 Å². The molecule has 0 aromatic heterocycles. The van der Waals surface area contributed by atoms with Gasteiger partial charge in [-0.1, -0.05) is 27.7 Å². The monoisotopic (exact) mass is 199 g/mol. The molecule has 0 saturated heterocycles. The molecule has 0 saturated carbocycles. The van der Waals surface area contributed by atoms with E-state index in [-0.39, 0.29) is 11.8 Å². The molecule has 0 spiro atoms. The lowest BCUT2D eigenvalue weighted by atomic mass is 9.85. The first-order valence-electron chi connectivity index (χ1n) is 5.58. The van der Waals surface area contributed by atoms with Crippen molar-refractivity contribution in [1.82, 2.24) is 4.90 Å². The van der Waals surface area contributed by atoms with Crippen molar-refractivity contribution >= 4 is 5.78 Å². The van der Waals surface area contributed by atoms with Crippen molar-refractivity contribution in [3.63, 3.8) is 0 Å². The van der Waals surface area contributed by atoms with Crippen molar-refractivity contribution in [1.29, 1.82) is 0 Å². The van der Waals surface area contributed by atoms with E-state index < -0.39 is 0 Å². The van der Waals surface area contributed by atoms with Gasteiger partial charge in [-0.25, -0.2) is 0 Å². The van der Waals surface area contributed by atoms with Gasteiger partial charge in [-0.05, 0) is 26.4 Å². The second-order valence-electron chi connectivity index (χ2n) is 4.80. The first-order chi connectivity index (χ1) is 6.40. The molecular formula is C12H25NO. The summed E-state index contributed by atoms with van der Waals surface area (Å²) < 4.78 is 0. The molecule has 0 fully saturated rings. The van der Waals surface area contributed by atoms with Crippen LogP contribution in [0.1, 0.15) is 34.1 Å². The maximum atomic E-state index is 12.0. The Morgan fingerprint density at radius 2 is 1.71 bits per heavy atom. The van der Waals surface area contributed by atoms with Crippen LogP contribution >= 0.6 is 0 Å². The van der Waals surface area contributed by atoms with Crippen molar-refractivity contribution < 1.29 is 4.79 Å². The molecule has 0 aromatic carbocycles. The van der Waals surface area contributed by atoms with Crippen LogP contribution in [-0.4, -0.2) is 31.3 Å². The smallest absolute Gasteiger partial charge is 0.140 e. The van der Waals surface area contributed by atoms with Crippen LogP contribution in [0.25, 0.3) is 0 Å². The zero-order valence-corrected chi connectivity index (χ0v) is 10.5. The molecule has 84 valence electrons. The molecule has 0 amide bonds. The predicted molar refractivity (Wildman–Crippen MR) is 61.3 cm³/mol. The number of hydrogen-bond acceptors (Lipinski definition) is 2. The number of carbonyl (C=O) groups is 1. The molecule has 0 aliphatic heterocycles. The zero-order chi connectivity index (χ0) is 11.3. The summed E-state index contributed by atoms with van der Waals surface area (Å²) >= 11 is 0. The third-order valence-electron chi connectivity index (χ3n) is 2.93. The van der Waals surface area contributed by atoms with Gasteiger partial charge in [0.15, 0.2) is 0 Å². The standard InChI is InChI=1S/C12H25NO/c1-7-11(8-13(5)6)12(14)10(4)9(2)3/h9-11H,7-8H2,1-6H3. The third-order valence-corrected chi connectivity index (χ3v) is 2.93. The summed E-state index contributed by atoms with van der Waals surface area (Å²) in [6, 6.07) is 0. The highest BCUT2D eigenvalue weighted by atomic mass is 16.1. The van der Waals surface area contributed by atoms with Crippen molar-refractivity contribution in [3.8, 4) is 0 Å². The topological polar surface area (TPSA) is 20.3 Å². The van der Waals surface area contributed by atoms with Crippen LogP contribution in [0.5, 0.6) is 0 Å². The van der Waals surface area contributed by atoms with Crippen LogP contribution in [0.15, 0.2) is 0 Å². The van der Waals surface area contributed by atoms with Crippen molar-refractivity contribution in [2.75, 3.05) is 20.6 Å². The summed E-state index contributed by atoms with van der Waals surface area (Å²) in [5, 5.41) is 0. The number of ketones is 1. The molecule has 0 aliphatic carbocycles. The Balaban J connectivity index is 4.30. The predicted octanol–water partition coefficient (Wildman–Crippen LogP) is 2.44. The molecule has 0 aromatic rings. The third kappa shape index (κ3) is 4.23. The number of carbonyl (C=O) groups excluding carboxylic acids is 1. The average molecular weight is 199 g/mol. The number of hydrogen-bond donors (Lipinski definition) is 0. The van der Waals surface area contributed by atoms with Gasteiger partial charge in [0.25, 0.3) is 0 Å². The van der Waals surface area contributed by atoms with E-state index in [1.54, 1.807) is 0 Å². The van der Waals surface area contributed by atoms with Gasteiger partial charge in [0.1, 0.15) is 5.78 Å². The zero-order valence-electron chi connectivity index (χ0n) is 10.5. The first-order valence-corrected chi connectivity index (χ1v) is 5.58. The maximum absolute atomic E-state index is 12.0. The van der Waals surface area contributed by atoms with Crippen molar-refractivity contribution in [2.24, 2.45) is 17.8 Å². The highest BCUT2D eigenvalue weighted by Gasteiger charge is 2.24. The van der Waals surface area contributed by atoms with Crippen LogP contribution in [0.2, 0.25) is 0 Å². The molecule has 2 atom stereocenters. The fraction of sp³-hybridized carbons (Fsp3) is 0.917. The molecule has 0 bridgehead atoms. The molecule has 0 aliphatic rings. The van der Waals surface area contributed by atoms with E-state index in [2.05, 4.69) is 25.7 Å². The largest absolute Gasteiger partial charge is 0.309 e. The Hall–Kier alpha value is -0.370. The van der Waals surface area contributed by atoms with Gasteiger partial charge in [-0.15, -0.1) is 0 Å². The molecular weight excluding hydrogens is 174 g/mol. The second-order valence-corrected chi connectivity index (χ2v) is 4.80. The Morgan fingerprint density at radius 1 is 1.21 bits per heavy atom. The average Bonchev–Trinajstić information content (AvgIpc) is 2.11. The summed E-state index contributed by atoms with van der Waals surface area (Å²) in [6.07, 6.45) is 0.952. The van der Waals surface area contributed by atoms with Crippen LogP contribution < -0.4 is 0 Å². The van der Waals surface area contributed by atoms with Gasteiger partial charge in [0.2, 0.25) is 0 Å². The van der Waals surface area contributed by atoms with Gasteiger partial charge in [0, 0.05) is 18.4 Å². The van der Waals surface area contributed by atoms with Crippen LogP contribution in [0, 0.1) is 17.8 Å². The summed E-state index contributed by atoms with van der Waals surface area (Å²) in [5.41, 5.74) is 0. The minimum absolute atomic E-state index is 0.194. The minimum Gasteiger partial charge on any atom is -0.309 e. The fourth-order valence-corrected chi connectivity index (χ4v) is 1.56. The van der Waals surface area contributed by atoms with Crippen LogP contribution in [-0.2, 0) is 4.79 Å². The molecule has 0 rings (SSSR count). The fourth-order valence-electron chi connectivity index (χ4n) is 1.56. The Labute approximate surface area is 88.7 Å². The minimum atomic E-state index is 0.194. The lowest BCUT2D eigenvalue weighted by Crippen LogP contribution is -2.32. The van der Waals surface area contributed by atoms with E-state index in [1.165, 1.54) is 0 Å². The molecule has 2 nitrogen and oxygen atoms in total. The van der Waals surface area contributed by atoms with E-state index in [1.807, 2.05) is 21.0 Å². The van der Waals surface area contributed by atoms with Gasteiger partial charge in [-0.3, -0.25) is 4.79 Å². The van der Waals surface area contributed by atoms with Crippen LogP contribution in [0.4, 0.5) is 0 Å². The van der Waals surface area contributed by atoms with Gasteiger partial charge in [0.05, 0.1) is 0 Å². The van der Waals surface area contributed by atoms with Gasteiger partial charge < -0.3 is 4.90 Å². The summed E-state index contributed by atoms with van der Waals surface area (Å²) in [5.74, 6) is 1.29. The van der Waals surface area contributed by atoms with Crippen LogP contribution in [0.3, 0.4) is 0 Å². The van der Waals surface area contributed by atoms with E-state index in [0.29, 0.717) is 11.7 Å². The van der Waals surface area contributed by atoms with E-state index in [4.69, 9.17) is 0 Å². The highest BCUT2D eigenvalue weighted by Crippen LogP contribution is 2.18. The molecule has 0 N–H and O–H groups in total. The summed E-state index contributed by atoms with van der Waals surface area (Å²) in [7, 11) is 4.05. The lowest BCUT2D eigenvalue weighted by Gasteiger charge is -2.23. The lowest BCUT2D eigenvalue weighted by molar-refractivity contribution is -0.128. The molecule has 2 unspecified atom stereocenters. The first kappa shape index (κ1) is 13.6. The Bertz CT molecular complexity index is 175. The molecule has 14 heavy (non-hydrogen) atoms. The number of rotatable bonds is 6. The Morgan fingerprint density at radius 3 is 2.00 bits per heavy atom. The van der Waals surface area contributed by atoms with E-state index in [0.717, 1.165) is 13.0 Å². The van der Waals surface area contributed by atoms with Crippen molar-refractivity contribution in [2.45, 2.75) is 34.1 Å². The van der Waals surface area contributed by atoms with Gasteiger partial charge in [-0.2, -0.15) is 0 Å². The molecule has 2 heteroatoms. The summed E-state index contributed by atoms with van der Waals surface area (Å²) in [4.78, 5) is 14.1. The van der Waals surface area contributed by atoms with Crippen molar-refractivity contribution in [3.05, 3.63) is 0 Å². The second kappa shape index (κ2) is 6.18. The molecule has 0 heterocycles. The SMILES string of the molecule is CCC(CN(C)C)C(=O)C(C)C(C)C. The maximum Gasteiger partial charge on any atom is 0.140 e. The number of nitrogens with zero attached hydrogens (tertiary/aromatic N) is 1.